The minimum atomic E-state index is -0.253. The van der Waals surface area contributed by atoms with Crippen LogP contribution in [0.5, 0.6) is 5.75 Å². The van der Waals surface area contributed by atoms with E-state index >= 15 is 0 Å². The molecule has 1 aromatic carbocycles. The van der Waals surface area contributed by atoms with Crippen LogP contribution in [0.1, 0.15) is 56.3 Å². The third kappa shape index (κ3) is 5.50. The van der Waals surface area contributed by atoms with E-state index in [2.05, 4.69) is 43.8 Å². The second-order valence-corrected chi connectivity index (χ2v) is 10.1. The number of anilines is 2. The van der Waals surface area contributed by atoms with Crippen LogP contribution >= 0.6 is 11.6 Å². The Bertz CT molecular complexity index is 1130. The summed E-state index contributed by atoms with van der Waals surface area (Å²) >= 11 is 5.89. The summed E-state index contributed by atoms with van der Waals surface area (Å²) in [4.78, 5) is 17.7. The lowest BCUT2D eigenvalue weighted by Gasteiger charge is -2.30. The van der Waals surface area contributed by atoms with Gasteiger partial charge >= 0.3 is 6.01 Å². The van der Waals surface area contributed by atoms with E-state index in [0.29, 0.717) is 47.4 Å². The molecule has 1 unspecified atom stereocenters. The van der Waals surface area contributed by atoms with Crippen LogP contribution in [0.25, 0.3) is 0 Å². The summed E-state index contributed by atoms with van der Waals surface area (Å²) < 4.78 is 25.7. The molecule has 0 spiro atoms. The largest absolute Gasteiger partial charge is 0.490 e. The van der Waals surface area contributed by atoms with Crippen molar-refractivity contribution in [3.63, 3.8) is 0 Å². The summed E-state index contributed by atoms with van der Waals surface area (Å²) in [7, 11) is 0. The number of hydrogen-bond acceptors (Lipinski definition) is 8. The lowest BCUT2D eigenvalue weighted by atomic mass is 9.98. The third-order valence-electron chi connectivity index (χ3n) is 6.81. The molecule has 0 saturated carbocycles. The first-order valence-corrected chi connectivity index (χ1v) is 12.6. The van der Waals surface area contributed by atoms with Crippen LogP contribution in [0.15, 0.2) is 35.1 Å². The van der Waals surface area contributed by atoms with Crippen LogP contribution in [0, 0.1) is 11.7 Å². The van der Waals surface area contributed by atoms with Crippen molar-refractivity contribution in [2.45, 2.75) is 44.9 Å². The summed E-state index contributed by atoms with van der Waals surface area (Å²) in [6.45, 7) is 7.93. The van der Waals surface area contributed by atoms with Crippen molar-refractivity contribution in [2.75, 3.05) is 42.6 Å². The molecule has 2 aromatic heterocycles. The predicted molar refractivity (Wildman–Crippen MR) is 132 cm³/mol. The fraction of sp³-hybridized carbons (Fsp3) is 0.520. The Morgan fingerprint density at radius 2 is 1.86 bits per heavy atom. The molecule has 4 heterocycles. The fourth-order valence-electron chi connectivity index (χ4n) is 4.67. The Morgan fingerprint density at radius 3 is 2.54 bits per heavy atom. The van der Waals surface area contributed by atoms with Crippen molar-refractivity contribution in [1.82, 2.24) is 20.1 Å². The first kappa shape index (κ1) is 23.8. The highest BCUT2D eigenvalue weighted by molar-refractivity contribution is 6.30. The lowest BCUT2D eigenvalue weighted by Crippen LogP contribution is -2.35. The maximum absolute atomic E-state index is 14.3. The summed E-state index contributed by atoms with van der Waals surface area (Å²) in [5.41, 5.74) is 0.697. The Hall–Kier alpha value is -2.94. The standard InChI is InChI=1S/C25H30ClFN6O2/c1-16(2)23-30-25(35-31-23)32-8-5-17(6-9-32)15-34-20-12-28-24(29-13-20)33-10-7-18(14-33)21-4-3-19(26)11-22(21)27/h3-4,11-13,16-18H,5-10,14-15H2,1-2H3. The first-order chi connectivity index (χ1) is 17.0. The van der Waals surface area contributed by atoms with Crippen molar-refractivity contribution < 1.29 is 13.7 Å². The second-order valence-electron chi connectivity index (χ2n) is 9.65. The van der Waals surface area contributed by atoms with E-state index < -0.39 is 0 Å². The zero-order valence-electron chi connectivity index (χ0n) is 20.0. The molecular formula is C25H30ClFN6O2. The van der Waals surface area contributed by atoms with E-state index in [9.17, 15) is 4.39 Å². The van der Waals surface area contributed by atoms with Crippen LogP contribution in [0.4, 0.5) is 16.4 Å². The molecule has 8 nitrogen and oxygen atoms in total. The topological polar surface area (TPSA) is 80.4 Å². The molecule has 10 heteroatoms. The monoisotopic (exact) mass is 500 g/mol. The molecule has 0 aliphatic carbocycles. The normalized spacial score (nSPS) is 19.1. The molecule has 0 bridgehead atoms. The minimum absolute atomic E-state index is 0.0989. The molecule has 186 valence electrons. The Balaban J connectivity index is 1.09. The first-order valence-electron chi connectivity index (χ1n) is 12.2. The molecule has 2 saturated heterocycles. The highest BCUT2D eigenvalue weighted by Gasteiger charge is 2.28. The van der Waals surface area contributed by atoms with E-state index in [1.54, 1.807) is 24.5 Å². The van der Waals surface area contributed by atoms with Crippen molar-refractivity contribution in [2.24, 2.45) is 5.92 Å². The number of aromatic nitrogens is 4. The van der Waals surface area contributed by atoms with Crippen LogP contribution < -0.4 is 14.5 Å². The minimum Gasteiger partial charge on any atom is -0.490 e. The van der Waals surface area contributed by atoms with Crippen LogP contribution in [0.2, 0.25) is 5.02 Å². The molecular weight excluding hydrogens is 471 g/mol. The van der Waals surface area contributed by atoms with E-state index in [1.165, 1.54) is 6.07 Å². The van der Waals surface area contributed by atoms with Crippen molar-refractivity contribution in [3.8, 4) is 5.75 Å². The summed E-state index contributed by atoms with van der Waals surface area (Å²) in [6, 6.07) is 5.50. The van der Waals surface area contributed by atoms with Gasteiger partial charge in [0.05, 0.1) is 19.0 Å². The highest BCUT2D eigenvalue weighted by Crippen LogP contribution is 2.32. The summed E-state index contributed by atoms with van der Waals surface area (Å²) in [5.74, 6) is 2.60. The number of rotatable bonds is 7. The molecule has 5 rings (SSSR count). The van der Waals surface area contributed by atoms with Crippen molar-refractivity contribution in [3.05, 3.63) is 52.8 Å². The van der Waals surface area contributed by atoms with Gasteiger partial charge in [-0.15, -0.1) is 0 Å². The molecule has 2 aliphatic rings. The van der Waals surface area contributed by atoms with Crippen LogP contribution in [-0.2, 0) is 0 Å². The Morgan fingerprint density at radius 1 is 1.11 bits per heavy atom. The number of hydrogen-bond donors (Lipinski definition) is 0. The average Bonchev–Trinajstić information content (AvgIpc) is 3.54. The van der Waals surface area contributed by atoms with E-state index in [-0.39, 0.29) is 17.7 Å². The molecule has 1 atom stereocenters. The summed E-state index contributed by atoms with van der Waals surface area (Å²) in [6.07, 6.45) is 6.28. The van der Waals surface area contributed by atoms with Crippen molar-refractivity contribution >= 4 is 23.6 Å². The lowest BCUT2D eigenvalue weighted by molar-refractivity contribution is 0.219. The predicted octanol–water partition coefficient (Wildman–Crippen LogP) is 5.06. The van der Waals surface area contributed by atoms with E-state index in [0.717, 1.165) is 44.7 Å². The zero-order chi connectivity index (χ0) is 24.4. The van der Waals surface area contributed by atoms with Gasteiger partial charge in [0.2, 0.25) is 5.95 Å². The van der Waals surface area contributed by atoms with Gasteiger partial charge in [0.1, 0.15) is 5.82 Å². The average molecular weight is 501 g/mol. The summed E-state index contributed by atoms with van der Waals surface area (Å²) in [5, 5.41) is 4.47. The van der Waals surface area contributed by atoms with Crippen LogP contribution in [0.3, 0.4) is 0 Å². The number of piperidine rings is 1. The van der Waals surface area contributed by atoms with Crippen LogP contribution in [-0.4, -0.2) is 52.9 Å². The molecule has 0 radical (unpaired) electrons. The molecule has 35 heavy (non-hydrogen) atoms. The Labute approximate surface area is 209 Å². The molecule has 0 N–H and O–H groups in total. The second kappa shape index (κ2) is 10.4. The van der Waals surface area contributed by atoms with Gasteiger partial charge in [0, 0.05) is 43.0 Å². The fourth-order valence-corrected chi connectivity index (χ4v) is 4.83. The van der Waals surface area contributed by atoms with Gasteiger partial charge < -0.3 is 19.1 Å². The molecule has 2 aliphatic heterocycles. The van der Waals surface area contributed by atoms with Gasteiger partial charge in [-0.2, -0.15) is 4.98 Å². The third-order valence-corrected chi connectivity index (χ3v) is 7.04. The molecule has 2 fully saturated rings. The molecule has 0 amide bonds. The maximum Gasteiger partial charge on any atom is 0.324 e. The number of halogens is 2. The zero-order valence-corrected chi connectivity index (χ0v) is 20.8. The smallest absolute Gasteiger partial charge is 0.324 e. The van der Waals surface area contributed by atoms with Gasteiger partial charge in [0.25, 0.3) is 0 Å². The Kier molecular flexibility index (Phi) is 7.04. The van der Waals surface area contributed by atoms with Gasteiger partial charge in [0.15, 0.2) is 11.6 Å². The highest BCUT2D eigenvalue weighted by atomic mass is 35.5. The number of ether oxygens (including phenoxy) is 1. The number of benzene rings is 1. The maximum atomic E-state index is 14.3. The SMILES string of the molecule is CC(C)c1noc(N2CCC(COc3cnc(N4CCC(c5ccc(Cl)cc5F)C4)nc3)CC2)n1. The quantitative estimate of drug-likeness (QED) is 0.445. The van der Waals surface area contributed by atoms with Gasteiger partial charge in [-0.25, -0.2) is 14.4 Å². The van der Waals surface area contributed by atoms with Gasteiger partial charge in [-0.1, -0.05) is 36.7 Å². The van der Waals surface area contributed by atoms with Gasteiger partial charge in [-0.05, 0) is 42.9 Å². The van der Waals surface area contributed by atoms with E-state index in [4.69, 9.17) is 20.9 Å². The van der Waals surface area contributed by atoms with E-state index in [1.807, 2.05) is 0 Å². The number of nitrogens with zero attached hydrogens (tertiary/aromatic N) is 6. The van der Waals surface area contributed by atoms with Crippen molar-refractivity contribution in [1.29, 1.82) is 0 Å². The van der Waals surface area contributed by atoms with Gasteiger partial charge in [-0.3, -0.25) is 0 Å². The molecule has 3 aromatic rings.